The quantitative estimate of drug-likeness (QED) is 0.574. The lowest BCUT2D eigenvalue weighted by Crippen LogP contribution is -2.33. The van der Waals surface area contributed by atoms with Crippen molar-refractivity contribution in [3.05, 3.63) is 40.2 Å². The van der Waals surface area contributed by atoms with Crippen LogP contribution in [-0.4, -0.2) is 48.1 Å². The third-order valence-corrected chi connectivity index (χ3v) is 5.53. The highest BCUT2D eigenvalue weighted by atomic mass is 35.5. The molecule has 0 N–H and O–H groups in total. The van der Waals surface area contributed by atoms with Crippen molar-refractivity contribution in [2.45, 2.75) is 20.3 Å². The van der Waals surface area contributed by atoms with Crippen LogP contribution in [0.3, 0.4) is 0 Å². The molecular weight excluding hydrogens is 407 g/mol. The van der Waals surface area contributed by atoms with Gasteiger partial charge in [0, 0.05) is 12.6 Å². The molecule has 146 valence electrons. The van der Waals surface area contributed by atoms with Gasteiger partial charge in [0.05, 0.1) is 15.2 Å². The summed E-state index contributed by atoms with van der Waals surface area (Å²) in [6, 6.07) is 5.45. The van der Waals surface area contributed by atoms with Gasteiger partial charge in [-0.2, -0.15) is 0 Å². The predicted octanol–water partition coefficient (Wildman–Crippen LogP) is 4.57. The second kappa shape index (κ2) is 9.01. The molecule has 0 aliphatic rings. The number of aryl methyl sites for hydroxylation is 2. The Morgan fingerprint density at radius 1 is 1.26 bits per heavy atom. The average molecular weight is 429 g/mol. The van der Waals surface area contributed by atoms with Crippen LogP contribution in [0.15, 0.2) is 22.7 Å². The monoisotopic (exact) mass is 428 g/mol. The zero-order valence-corrected chi connectivity index (χ0v) is 18.0. The van der Waals surface area contributed by atoms with E-state index in [9.17, 15) is 4.79 Å². The SMILES string of the molecule is Cc1cc(C(=O)N(CCCN(C)C)c2nc3c(C)ccc(Cl)c3s2)no1.Cl. The number of thiazole rings is 1. The van der Waals surface area contributed by atoms with Crippen molar-refractivity contribution in [3.8, 4) is 0 Å². The highest BCUT2D eigenvalue weighted by molar-refractivity contribution is 7.23. The van der Waals surface area contributed by atoms with Gasteiger partial charge in [-0.15, -0.1) is 12.4 Å². The number of amides is 1. The van der Waals surface area contributed by atoms with Crippen LogP contribution >= 0.6 is 35.3 Å². The van der Waals surface area contributed by atoms with Crippen LogP contribution in [0.25, 0.3) is 10.2 Å². The number of aromatic nitrogens is 2. The number of anilines is 1. The normalized spacial score (nSPS) is 11.0. The highest BCUT2D eigenvalue weighted by Crippen LogP contribution is 2.36. The van der Waals surface area contributed by atoms with Gasteiger partial charge in [-0.25, -0.2) is 4.98 Å². The fourth-order valence-electron chi connectivity index (χ4n) is 2.64. The van der Waals surface area contributed by atoms with E-state index in [0.717, 1.165) is 28.7 Å². The van der Waals surface area contributed by atoms with Gasteiger partial charge in [0.15, 0.2) is 10.8 Å². The van der Waals surface area contributed by atoms with Crippen molar-refractivity contribution in [1.29, 1.82) is 0 Å². The number of benzene rings is 1. The van der Waals surface area contributed by atoms with Crippen molar-refractivity contribution in [3.63, 3.8) is 0 Å². The molecule has 3 rings (SSSR count). The second-order valence-corrected chi connectivity index (χ2v) is 7.86. The van der Waals surface area contributed by atoms with Gasteiger partial charge in [0.2, 0.25) is 0 Å². The van der Waals surface area contributed by atoms with Gasteiger partial charge in [0.25, 0.3) is 5.91 Å². The van der Waals surface area contributed by atoms with Crippen LogP contribution in [0.1, 0.15) is 28.2 Å². The van der Waals surface area contributed by atoms with Crippen molar-refractivity contribution in [1.82, 2.24) is 15.0 Å². The van der Waals surface area contributed by atoms with Crippen LogP contribution in [-0.2, 0) is 0 Å². The third-order valence-electron chi connectivity index (χ3n) is 4.00. The molecule has 0 spiro atoms. The Morgan fingerprint density at radius 2 is 2.00 bits per heavy atom. The molecular formula is C18H22Cl2N4O2S. The van der Waals surface area contributed by atoms with Crippen LogP contribution in [0.2, 0.25) is 5.02 Å². The molecule has 2 aromatic heterocycles. The molecule has 0 unspecified atom stereocenters. The van der Waals surface area contributed by atoms with E-state index >= 15 is 0 Å². The van der Waals surface area contributed by atoms with Gasteiger partial charge >= 0.3 is 0 Å². The number of halogens is 2. The molecule has 6 nitrogen and oxygen atoms in total. The largest absolute Gasteiger partial charge is 0.361 e. The van der Waals surface area contributed by atoms with E-state index in [1.54, 1.807) is 17.9 Å². The number of nitrogens with zero attached hydrogens (tertiary/aromatic N) is 4. The highest BCUT2D eigenvalue weighted by Gasteiger charge is 2.24. The zero-order chi connectivity index (χ0) is 18.8. The lowest BCUT2D eigenvalue weighted by Gasteiger charge is -2.19. The molecule has 0 aliphatic carbocycles. The Bertz CT molecular complexity index is 900. The maximum absolute atomic E-state index is 13.0. The third kappa shape index (κ3) is 4.79. The van der Waals surface area contributed by atoms with Crippen LogP contribution in [0.5, 0.6) is 0 Å². The molecule has 0 aliphatic heterocycles. The average Bonchev–Trinajstić information content (AvgIpc) is 3.21. The molecule has 3 aromatic rings. The van der Waals surface area contributed by atoms with Gasteiger partial charge in [0.1, 0.15) is 5.76 Å². The van der Waals surface area contributed by atoms with E-state index in [-0.39, 0.29) is 24.0 Å². The minimum absolute atomic E-state index is 0. The molecule has 0 atom stereocenters. The van der Waals surface area contributed by atoms with Gasteiger partial charge < -0.3 is 9.42 Å². The number of carbonyl (C=O) groups excluding carboxylic acids is 1. The van der Waals surface area contributed by atoms with E-state index < -0.39 is 0 Å². The van der Waals surface area contributed by atoms with Crippen LogP contribution < -0.4 is 4.90 Å². The second-order valence-electron chi connectivity index (χ2n) is 6.47. The lowest BCUT2D eigenvalue weighted by atomic mass is 10.2. The molecule has 0 fully saturated rings. The summed E-state index contributed by atoms with van der Waals surface area (Å²) in [5.74, 6) is 0.387. The zero-order valence-electron chi connectivity index (χ0n) is 15.7. The summed E-state index contributed by atoms with van der Waals surface area (Å²) in [4.78, 5) is 21.4. The molecule has 1 aromatic carbocycles. The standard InChI is InChI=1S/C18H21ClN4O2S.ClH/c1-11-6-7-13(19)16-15(11)20-18(26-16)23(9-5-8-22(3)4)17(24)14-10-12(2)25-21-14;/h6-7,10H,5,8-9H2,1-4H3;1H. The van der Waals surface area contributed by atoms with Crippen molar-refractivity contribution < 1.29 is 9.32 Å². The van der Waals surface area contributed by atoms with E-state index in [0.29, 0.717) is 22.5 Å². The number of hydrogen-bond donors (Lipinski definition) is 0. The predicted molar refractivity (Wildman–Crippen MR) is 113 cm³/mol. The molecule has 9 heteroatoms. The molecule has 0 bridgehead atoms. The Morgan fingerprint density at radius 3 is 2.59 bits per heavy atom. The van der Waals surface area contributed by atoms with Crippen molar-refractivity contribution in [2.24, 2.45) is 0 Å². The Labute approximate surface area is 173 Å². The Balaban J connectivity index is 0.00000261. The molecule has 0 saturated carbocycles. The summed E-state index contributed by atoms with van der Waals surface area (Å²) < 4.78 is 5.96. The fraction of sp³-hybridized carbons (Fsp3) is 0.389. The maximum Gasteiger partial charge on any atom is 0.282 e. The summed E-state index contributed by atoms with van der Waals surface area (Å²) in [5.41, 5.74) is 2.15. The van der Waals surface area contributed by atoms with Crippen molar-refractivity contribution in [2.75, 3.05) is 32.1 Å². The van der Waals surface area contributed by atoms with Gasteiger partial charge in [-0.1, -0.05) is 34.2 Å². The number of hydrogen-bond acceptors (Lipinski definition) is 6. The molecule has 0 radical (unpaired) electrons. The van der Waals surface area contributed by atoms with Gasteiger partial charge in [-0.05, 0) is 52.5 Å². The Kier molecular flexibility index (Phi) is 7.22. The summed E-state index contributed by atoms with van der Waals surface area (Å²) in [6.07, 6.45) is 0.818. The summed E-state index contributed by atoms with van der Waals surface area (Å²) >= 11 is 7.75. The number of rotatable bonds is 6. The maximum atomic E-state index is 13.0. The first-order valence-corrected chi connectivity index (χ1v) is 9.52. The number of carbonyl (C=O) groups is 1. The number of fused-ring (bicyclic) bond motifs is 1. The Hall–Kier alpha value is -1.67. The van der Waals surface area contributed by atoms with Crippen LogP contribution in [0.4, 0.5) is 5.13 Å². The van der Waals surface area contributed by atoms with Gasteiger partial charge in [-0.3, -0.25) is 9.69 Å². The first kappa shape index (κ1) is 21.6. The molecule has 2 heterocycles. The minimum atomic E-state index is -0.214. The first-order chi connectivity index (χ1) is 12.4. The summed E-state index contributed by atoms with van der Waals surface area (Å²) in [6.45, 7) is 5.16. The molecule has 1 amide bonds. The molecule has 27 heavy (non-hydrogen) atoms. The summed E-state index contributed by atoms with van der Waals surface area (Å²) in [5, 5.41) is 5.14. The lowest BCUT2D eigenvalue weighted by molar-refractivity contribution is 0.0977. The topological polar surface area (TPSA) is 62.5 Å². The first-order valence-electron chi connectivity index (χ1n) is 8.32. The van der Waals surface area contributed by atoms with E-state index in [2.05, 4.69) is 10.1 Å². The van der Waals surface area contributed by atoms with Crippen LogP contribution in [0, 0.1) is 13.8 Å². The van der Waals surface area contributed by atoms with E-state index in [1.165, 1.54) is 11.3 Å². The summed E-state index contributed by atoms with van der Waals surface area (Å²) in [7, 11) is 4.02. The molecule has 0 saturated heterocycles. The van der Waals surface area contributed by atoms with E-state index in [4.69, 9.17) is 21.1 Å². The minimum Gasteiger partial charge on any atom is -0.361 e. The van der Waals surface area contributed by atoms with Crippen molar-refractivity contribution >= 4 is 56.6 Å². The van der Waals surface area contributed by atoms with E-state index in [1.807, 2.05) is 33.2 Å². The smallest absolute Gasteiger partial charge is 0.282 e. The fourth-order valence-corrected chi connectivity index (χ4v) is 3.98.